The summed E-state index contributed by atoms with van der Waals surface area (Å²) < 4.78 is 5.54. The molecule has 1 N–H and O–H groups in total. The molecule has 0 bridgehead atoms. The van der Waals surface area contributed by atoms with E-state index in [-0.39, 0.29) is 17.9 Å². The highest BCUT2D eigenvalue weighted by Gasteiger charge is 2.44. The van der Waals surface area contributed by atoms with Crippen LogP contribution < -0.4 is 4.90 Å². The van der Waals surface area contributed by atoms with E-state index in [9.17, 15) is 20.5 Å². The van der Waals surface area contributed by atoms with Crippen molar-refractivity contribution in [2.45, 2.75) is 5.54 Å². The average Bonchev–Trinajstić information content (AvgIpc) is 2.60. The Kier molecular flexibility index (Phi) is 4.17. The molecule has 1 aromatic carbocycles. The maximum Gasteiger partial charge on any atom is 0.270 e. The summed E-state index contributed by atoms with van der Waals surface area (Å²) in [5.41, 5.74) is 0.362. The lowest BCUT2D eigenvalue weighted by molar-refractivity contribution is -0.384. The monoisotopic (exact) mass is 318 g/mol. The molecule has 1 aromatic rings. The summed E-state index contributed by atoms with van der Waals surface area (Å²) in [5.74, 6) is 0. The van der Waals surface area contributed by atoms with Crippen LogP contribution >= 0.6 is 0 Å². The quantitative estimate of drug-likeness (QED) is 0.633. The zero-order valence-electron chi connectivity index (χ0n) is 12.6. The number of fused-ring (bicyclic) bond motifs is 1. The van der Waals surface area contributed by atoms with Gasteiger partial charge in [-0.3, -0.25) is 15.0 Å². The first-order valence-electron chi connectivity index (χ1n) is 7.47. The number of morpholine rings is 1. The fraction of sp³-hybridized carbons (Fsp3) is 0.533. The van der Waals surface area contributed by atoms with Crippen molar-refractivity contribution < 1.29 is 14.8 Å². The van der Waals surface area contributed by atoms with Crippen molar-refractivity contribution in [2.75, 3.05) is 50.9 Å². The highest BCUT2D eigenvalue weighted by molar-refractivity contribution is 5.63. The van der Waals surface area contributed by atoms with Crippen LogP contribution in [0.25, 0.3) is 0 Å². The van der Waals surface area contributed by atoms with Crippen molar-refractivity contribution >= 4 is 11.4 Å². The van der Waals surface area contributed by atoms with Gasteiger partial charge in [-0.15, -0.1) is 0 Å². The van der Waals surface area contributed by atoms with Crippen LogP contribution in [0.15, 0.2) is 18.2 Å². The predicted molar refractivity (Wildman–Crippen MR) is 82.2 cm³/mol. The maximum atomic E-state index is 10.9. The molecule has 8 heteroatoms. The van der Waals surface area contributed by atoms with Crippen LogP contribution in [0.1, 0.15) is 5.56 Å². The highest BCUT2D eigenvalue weighted by Crippen LogP contribution is 2.31. The minimum Gasteiger partial charge on any atom is -0.394 e. The molecule has 1 atom stereocenters. The second-order valence-corrected chi connectivity index (χ2v) is 5.91. The number of nitrogens with zero attached hydrogens (tertiary/aromatic N) is 4. The third-order valence-corrected chi connectivity index (χ3v) is 4.62. The van der Waals surface area contributed by atoms with Gasteiger partial charge in [0.1, 0.15) is 6.07 Å². The third kappa shape index (κ3) is 2.74. The second-order valence-electron chi connectivity index (χ2n) is 5.91. The average molecular weight is 318 g/mol. The molecular weight excluding hydrogens is 300 g/mol. The standard InChI is InChI=1S/C15H18N4O4/c16-8-12-7-13(19(21)22)1-2-14(12)17-3-4-18-5-6-23-11-15(18,9-17)10-20/h1-2,7,20H,3-6,9-11H2. The molecule has 1 unspecified atom stereocenters. The summed E-state index contributed by atoms with van der Waals surface area (Å²) in [6.45, 7) is 3.83. The lowest BCUT2D eigenvalue weighted by Gasteiger charge is -2.52. The Morgan fingerprint density at radius 2 is 2.26 bits per heavy atom. The number of nitro groups is 1. The molecule has 0 amide bonds. The Labute approximate surface area is 133 Å². The Balaban J connectivity index is 1.90. The molecular formula is C15H18N4O4. The third-order valence-electron chi connectivity index (χ3n) is 4.62. The molecule has 2 saturated heterocycles. The van der Waals surface area contributed by atoms with Gasteiger partial charge in [0, 0.05) is 38.3 Å². The van der Waals surface area contributed by atoms with Gasteiger partial charge in [-0.1, -0.05) is 0 Å². The van der Waals surface area contributed by atoms with Crippen molar-refractivity contribution in [1.29, 1.82) is 5.26 Å². The number of ether oxygens (including phenoxy) is 1. The number of piperazine rings is 1. The summed E-state index contributed by atoms with van der Waals surface area (Å²) in [5, 5.41) is 30.1. The molecule has 0 aromatic heterocycles. The fourth-order valence-corrected chi connectivity index (χ4v) is 3.34. The van der Waals surface area contributed by atoms with E-state index in [4.69, 9.17) is 4.74 Å². The normalized spacial score (nSPS) is 24.8. The van der Waals surface area contributed by atoms with E-state index in [1.54, 1.807) is 6.07 Å². The predicted octanol–water partition coefficient (Wildman–Crippen LogP) is 0.350. The number of rotatable bonds is 3. The van der Waals surface area contributed by atoms with Gasteiger partial charge in [-0.05, 0) is 6.07 Å². The number of nitro benzene ring substituents is 1. The van der Waals surface area contributed by atoms with Gasteiger partial charge in [-0.2, -0.15) is 5.26 Å². The van der Waals surface area contributed by atoms with E-state index < -0.39 is 10.5 Å². The molecule has 0 spiro atoms. The minimum atomic E-state index is -0.507. The molecule has 0 aliphatic carbocycles. The van der Waals surface area contributed by atoms with Crippen molar-refractivity contribution in [3.8, 4) is 6.07 Å². The SMILES string of the molecule is N#Cc1cc([N+](=O)[O-])ccc1N1CCN2CCOCC2(CO)C1. The van der Waals surface area contributed by atoms with Crippen LogP contribution in [0.5, 0.6) is 0 Å². The van der Waals surface area contributed by atoms with Crippen molar-refractivity contribution in [1.82, 2.24) is 4.90 Å². The van der Waals surface area contributed by atoms with E-state index in [2.05, 4.69) is 4.90 Å². The topological polar surface area (TPSA) is 103 Å². The van der Waals surface area contributed by atoms with Gasteiger partial charge >= 0.3 is 0 Å². The first-order chi connectivity index (χ1) is 11.1. The minimum absolute atomic E-state index is 0.0294. The Bertz CT molecular complexity index is 659. The van der Waals surface area contributed by atoms with Crippen LogP contribution in [-0.4, -0.2) is 66.5 Å². The van der Waals surface area contributed by atoms with Gasteiger partial charge in [-0.25, -0.2) is 0 Å². The zero-order valence-corrected chi connectivity index (χ0v) is 12.6. The number of benzene rings is 1. The molecule has 0 radical (unpaired) electrons. The van der Waals surface area contributed by atoms with E-state index in [1.165, 1.54) is 12.1 Å². The number of nitriles is 1. The first-order valence-corrected chi connectivity index (χ1v) is 7.47. The molecule has 23 heavy (non-hydrogen) atoms. The molecule has 8 nitrogen and oxygen atoms in total. The summed E-state index contributed by atoms with van der Waals surface area (Å²) in [6.07, 6.45) is 0. The number of aliphatic hydroxyl groups excluding tert-OH is 1. The number of anilines is 1. The summed E-state index contributed by atoms with van der Waals surface area (Å²) in [4.78, 5) is 14.6. The Hall–Kier alpha value is -2.21. The van der Waals surface area contributed by atoms with Crippen LogP contribution in [-0.2, 0) is 4.74 Å². The van der Waals surface area contributed by atoms with Crippen molar-refractivity contribution in [2.24, 2.45) is 0 Å². The smallest absolute Gasteiger partial charge is 0.270 e. The molecule has 122 valence electrons. The maximum absolute atomic E-state index is 10.9. The van der Waals surface area contributed by atoms with Gasteiger partial charge in [0.2, 0.25) is 0 Å². The van der Waals surface area contributed by atoms with Crippen LogP contribution in [0.4, 0.5) is 11.4 Å². The van der Waals surface area contributed by atoms with Crippen LogP contribution in [0.2, 0.25) is 0 Å². The van der Waals surface area contributed by atoms with E-state index >= 15 is 0 Å². The lowest BCUT2D eigenvalue weighted by Crippen LogP contribution is -2.69. The number of non-ortho nitro benzene ring substituents is 1. The van der Waals surface area contributed by atoms with Crippen LogP contribution in [0, 0.1) is 21.4 Å². The van der Waals surface area contributed by atoms with E-state index in [1.807, 2.05) is 11.0 Å². The highest BCUT2D eigenvalue weighted by atomic mass is 16.6. The molecule has 0 saturated carbocycles. The first kappa shape index (κ1) is 15.7. The zero-order chi connectivity index (χ0) is 16.4. The second kappa shape index (κ2) is 6.12. The summed E-state index contributed by atoms with van der Waals surface area (Å²) in [6, 6.07) is 6.35. The van der Waals surface area contributed by atoms with Gasteiger partial charge in [0.25, 0.3) is 5.69 Å². The molecule has 2 aliphatic rings. The fourth-order valence-electron chi connectivity index (χ4n) is 3.34. The summed E-state index contributed by atoms with van der Waals surface area (Å²) in [7, 11) is 0. The van der Waals surface area contributed by atoms with Gasteiger partial charge in [0.05, 0.1) is 41.5 Å². The van der Waals surface area contributed by atoms with E-state index in [0.717, 1.165) is 13.1 Å². The van der Waals surface area contributed by atoms with Gasteiger partial charge in [0.15, 0.2) is 0 Å². The Morgan fingerprint density at radius 3 is 2.96 bits per heavy atom. The molecule has 3 rings (SSSR count). The van der Waals surface area contributed by atoms with Gasteiger partial charge < -0.3 is 14.7 Å². The number of hydrogen-bond acceptors (Lipinski definition) is 7. The Morgan fingerprint density at radius 1 is 1.43 bits per heavy atom. The van der Waals surface area contributed by atoms with Crippen LogP contribution in [0.3, 0.4) is 0 Å². The van der Waals surface area contributed by atoms with E-state index in [0.29, 0.717) is 32.0 Å². The largest absolute Gasteiger partial charge is 0.394 e. The summed E-state index contributed by atoms with van der Waals surface area (Å²) >= 11 is 0. The molecule has 2 fully saturated rings. The number of hydrogen-bond donors (Lipinski definition) is 1. The molecule has 2 heterocycles. The van der Waals surface area contributed by atoms with Crippen molar-refractivity contribution in [3.63, 3.8) is 0 Å². The molecule has 2 aliphatic heterocycles. The number of aliphatic hydroxyl groups is 1. The lowest BCUT2D eigenvalue weighted by atomic mass is 9.93. The van der Waals surface area contributed by atoms with Crippen molar-refractivity contribution in [3.05, 3.63) is 33.9 Å².